The third-order valence-corrected chi connectivity index (χ3v) is 10.6. The number of rotatable bonds is 6. The summed E-state index contributed by atoms with van der Waals surface area (Å²) in [7, 11) is 2.97. The zero-order chi connectivity index (χ0) is 32.3. The van der Waals surface area contributed by atoms with Gasteiger partial charge < -0.3 is 14.6 Å². The van der Waals surface area contributed by atoms with Gasteiger partial charge in [0.05, 0.1) is 31.5 Å². The molecule has 234 valence electrons. The first kappa shape index (κ1) is 29.7. The van der Waals surface area contributed by atoms with Crippen LogP contribution in [0.1, 0.15) is 42.4 Å². The van der Waals surface area contributed by atoms with Gasteiger partial charge in [0.1, 0.15) is 17.2 Å². The van der Waals surface area contributed by atoms with E-state index >= 15 is 4.79 Å². The van der Waals surface area contributed by atoms with Crippen molar-refractivity contribution in [2.45, 2.75) is 31.1 Å². The number of carbonyl (C=O) groups is 4. The molecular formula is C38H35NO7. The first-order chi connectivity index (χ1) is 22.3. The van der Waals surface area contributed by atoms with Crippen LogP contribution in [0, 0.1) is 23.7 Å². The third-order valence-electron chi connectivity index (χ3n) is 10.6. The number of imide groups is 1. The van der Waals surface area contributed by atoms with Crippen molar-refractivity contribution in [3.63, 3.8) is 0 Å². The Morgan fingerprint density at radius 1 is 0.891 bits per heavy atom. The number of benzene rings is 3. The van der Waals surface area contributed by atoms with E-state index in [1.165, 1.54) is 31.3 Å². The monoisotopic (exact) mass is 617 g/mol. The summed E-state index contributed by atoms with van der Waals surface area (Å²) in [5, 5.41) is 11.7. The van der Waals surface area contributed by atoms with Crippen LogP contribution in [0.15, 0.2) is 90.5 Å². The molecule has 0 aromatic heterocycles. The maximum atomic E-state index is 15.1. The topological polar surface area (TPSA) is 110 Å². The average molecular weight is 618 g/mol. The Bertz CT molecular complexity index is 1830. The molecule has 7 rings (SSSR count). The first-order valence-electron chi connectivity index (χ1n) is 15.7. The minimum Gasteiger partial charge on any atom is -0.507 e. The summed E-state index contributed by atoms with van der Waals surface area (Å²) >= 11 is 0. The summed E-state index contributed by atoms with van der Waals surface area (Å²) in [4.78, 5) is 58.7. The van der Waals surface area contributed by atoms with Crippen molar-refractivity contribution in [3.8, 4) is 17.2 Å². The van der Waals surface area contributed by atoms with Crippen LogP contribution >= 0.6 is 0 Å². The van der Waals surface area contributed by atoms with Crippen molar-refractivity contribution in [3.05, 3.63) is 107 Å². The summed E-state index contributed by atoms with van der Waals surface area (Å²) in [6, 6.07) is 21.5. The number of fused-ring (bicyclic) bond motifs is 4. The lowest BCUT2D eigenvalue weighted by molar-refractivity contribution is -0.140. The standard InChI is InChI=1S/C38H35NO7/c1-4-39-36(43)25-16-15-24-27(32(25)37(39)44)19-28-35(42)26(21-11-7-5-8-12-21)20-31(41)38(28,22-13-9-6-10-14-22)34(24)33-29(40)17-23(45-2)18-30(33)46-3/h5-15,17-18,20,25,27-28,32,34,40H,4,16,19H2,1-3H3/t25-,27+,28-,32-,34+,38-/m0/s1. The van der Waals surface area contributed by atoms with E-state index in [0.717, 1.165) is 5.57 Å². The van der Waals surface area contributed by atoms with E-state index in [0.29, 0.717) is 40.2 Å². The second kappa shape index (κ2) is 11.1. The molecule has 3 aromatic carbocycles. The second-order valence-corrected chi connectivity index (χ2v) is 12.5. The van der Waals surface area contributed by atoms with Gasteiger partial charge in [-0.1, -0.05) is 72.3 Å². The predicted molar refractivity (Wildman–Crippen MR) is 170 cm³/mol. The van der Waals surface area contributed by atoms with E-state index in [9.17, 15) is 19.5 Å². The van der Waals surface area contributed by atoms with Crippen LogP contribution in [0.2, 0.25) is 0 Å². The molecule has 2 amide bonds. The molecule has 0 spiro atoms. The number of carbonyl (C=O) groups excluding carboxylic acids is 4. The Hall–Kier alpha value is -4.98. The zero-order valence-corrected chi connectivity index (χ0v) is 25.9. The summed E-state index contributed by atoms with van der Waals surface area (Å²) in [5.74, 6) is -3.96. The number of nitrogens with zero attached hydrogens (tertiary/aromatic N) is 1. The Kier molecular flexibility index (Phi) is 7.18. The van der Waals surface area contributed by atoms with Gasteiger partial charge in [-0.05, 0) is 42.9 Å². The van der Waals surface area contributed by atoms with Gasteiger partial charge in [0.15, 0.2) is 11.6 Å². The van der Waals surface area contributed by atoms with Crippen molar-refractivity contribution in [2.75, 3.05) is 20.8 Å². The number of likely N-dealkylation sites (tertiary alicyclic amines) is 1. The van der Waals surface area contributed by atoms with E-state index in [2.05, 4.69) is 0 Å². The van der Waals surface area contributed by atoms with Crippen molar-refractivity contribution in [1.29, 1.82) is 0 Å². The Morgan fingerprint density at radius 3 is 2.24 bits per heavy atom. The molecule has 1 saturated heterocycles. The molecule has 1 N–H and O–H groups in total. The smallest absolute Gasteiger partial charge is 0.233 e. The molecule has 46 heavy (non-hydrogen) atoms. The van der Waals surface area contributed by atoms with Crippen LogP contribution in [0.25, 0.3) is 5.57 Å². The lowest BCUT2D eigenvalue weighted by atomic mass is 9.44. The normalized spacial score (nSPS) is 28.6. The molecule has 2 fully saturated rings. The van der Waals surface area contributed by atoms with Gasteiger partial charge in [-0.3, -0.25) is 24.1 Å². The summed E-state index contributed by atoms with van der Waals surface area (Å²) < 4.78 is 11.3. The van der Waals surface area contributed by atoms with E-state index < -0.39 is 35.0 Å². The molecule has 3 aromatic rings. The molecule has 4 aliphatic rings. The second-order valence-electron chi connectivity index (χ2n) is 12.5. The highest BCUT2D eigenvalue weighted by Crippen LogP contribution is 2.65. The highest BCUT2D eigenvalue weighted by Gasteiger charge is 2.66. The van der Waals surface area contributed by atoms with E-state index in [1.807, 2.05) is 66.7 Å². The molecule has 6 atom stereocenters. The number of amides is 2. The Labute approximate surface area is 267 Å². The summed E-state index contributed by atoms with van der Waals surface area (Å²) in [5.41, 5.74) is 1.22. The largest absolute Gasteiger partial charge is 0.507 e. The predicted octanol–water partition coefficient (Wildman–Crippen LogP) is 5.25. The van der Waals surface area contributed by atoms with Crippen LogP contribution in [0.4, 0.5) is 0 Å². The third kappa shape index (κ3) is 4.05. The van der Waals surface area contributed by atoms with Gasteiger partial charge in [0, 0.05) is 41.6 Å². The minimum atomic E-state index is -1.47. The Morgan fingerprint density at radius 2 is 1.59 bits per heavy atom. The quantitative estimate of drug-likeness (QED) is 0.297. The van der Waals surface area contributed by atoms with Gasteiger partial charge in [0.2, 0.25) is 11.8 Å². The van der Waals surface area contributed by atoms with Gasteiger partial charge in [-0.25, -0.2) is 0 Å². The average Bonchev–Trinajstić information content (AvgIpc) is 3.34. The van der Waals surface area contributed by atoms with Crippen molar-refractivity contribution in [1.82, 2.24) is 4.90 Å². The minimum absolute atomic E-state index is 0.152. The van der Waals surface area contributed by atoms with Crippen LogP contribution in [0.5, 0.6) is 17.2 Å². The van der Waals surface area contributed by atoms with Crippen LogP contribution in [-0.2, 0) is 24.6 Å². The number of ether oxygens (including phenoxy) is 2. The lowest BCUT2D eigenvalue weighted by Gasteiger charge is -2.55. The van der Waals surface area contributed by atoms with E-state index in [-0.39, 0.29) is 42.1 Å². The summed E-state index contributed by atoms with van der Waals surface area (Å²) in [6.45, 7) is 2.05. The number of methoxy groups -OCH3 is 2. The maximum Gasteiger partial charge on any atom is 0.233 e. The fraction of sp³-hybridized carbons (Fsp3) is 0.316. The van der Waals surface area contributed by atoms with Crippen LogP contribution in [-0.4, -0.2) is 54.2 Å². The highest BCUT2D eigenvalue weighted by molar-refractivity contribution is 6.31. The number of hydrogen-bond donors (Lipinski definition) is 1. The molecule has 8 heteroatoms. The van der Waals surface area contributed by atoms with Gasteiger partial charge >= 0.3 is 0 Å². The van der Waals surface area contributed by atoms with Gasteiger partial charge in [0.25, 0.3) is 0 Å². The molecule has 1 saturated carbocycles. The summed E-state index contributed by atoms with van der Waals surface area (Å²) in [6.07, 6.45) is 3.94. The lowest BCUT2D eigenvalue weighted by Crippen LogP contribution is -2.58. The Balaban J connectivity index is 1.56. The van der Waals surface area contributed by atoms with Crippen molar-refractivity contribution in [2.24, 2.45) is 23.7 Å². The number of allylic oxidation sites excluding steroid dienone is 4. The molecule has 8 nitrogen and oxygen atoms in total. The number of hydrogen-bond acceptors (Lipinski definition) is 7. The number of ketones is 2. The van der Waals surface area contributed by atoms with Crippen molar-refractivity contribution >= 4 is 29.0 Å². The molecule has 0 radical (unpaired) electrons. The fourth-order valence-electron chi connectivity index (χ4n) is 8.73. The number of Topliss-reactive ketones (excluding diaryl/α,β-unsaturated/α-hetero) is 1. The van der Waals surface area contributed by atoms with E-state index in [4.69, 9.17) is 9.47 Å². The van der Waals surface area contributed by atoms with Crippen LogP contribution in [0.3, 0.4) is 0 Å². The number of aromatic hydroxyl groups is 1. The molecule has 1 aliphatic heterocycles. The molecule has 3 aliphatic carbocycles. The van der Waals surface area contributed by atoms with E-state index in [1.54, 1.807) is 13.0 Å². The molecule has 0 unspecified atom stereocenters. The fourth-order valence-corrected chi connectivity index (χ4v) is 8.73. The van der Waals surface area contributed by atoms with Crippen molar-refractivity contribution < 1.29 is 33.8 Å². The maximum absolute atomic E-state index is 15.1. The number of phenolic OH excluding ortho intramolecular Hbond substituents is 1. The molecule has 0 bridgehead atoms. The molecule has 1 heterocycles. The number of phenols is 1. The van der Waals surface area contributed by atoms with Gasteiger partial charge in [-0.15, -0.1) is 0 Å². The SMILES string of the molecule is CCN1C(=O)[C@H]2[C@H](CC=C3[C@H]2C[C@H]2C(=O)C(c4ccccc4)=CC(=O)[C@@]2(c2ccccc2)[C@H]3c2c(O)cc(OC)cc2OC)C1=O. The molecular weight excluding hydrogens is 582 g/mol. The van der Waals surface area contributed by atoms with Gasteiger partial charge in [-0.2, -0.15) is 0 Å². The first-order valence-corrected chi connectivity index (χ1v) is 15.7. The zero-order valence-electron chi connectivity index (χ0n) is 25.9. The van der Waals surface area contributed by atoms with Crippen LogP contribution < -0.4 is 9.47 Å². The highest BCUT2D eigenvalue weighted by atomic mass is 16.5.